The molecule has 0 atom stereocenters. The van der Waals surface area contributed by atoms with E-state index in [0.717, 1.165) is 23.7 Å². The van der Waals surface area contributed by atoms with Crippen LogP contribution in [0, 0.1) is 0 Å². The number of nitrogens with zero attached hydrogens (tertiary/aromatic N) is 1. The Morgan fingerprint density at radius 3 is 2.79 bits per heavy atom. The van der Waals surface area contributed by atoms with Crippen molar-refractivity contribution < 1.29 is 18.7 Å². The maximum absolute atomic E-state index is 13.1. The number of aryl methyl sites for hydroxylation is 2. The molecule has 1 heterocycles. The highest BCUT2D eigenvalue weighted by molar-refractivity contribution is 5.81. The summed E-state index contributed by atoms with van der Waals surface area (Å²) >= 11 is 0. The fraction of sp³-hybridized carbons (Fsp3) is 0.455. The number of carbonyl (C=O) groups is 1. The van der Waals surface area contributed by atoms with Crippen LogP contribution in [0.1, 0.15) is 44.9 Å². The summed E-state index contributed by atoms with van der Waals surface area (Å²) in [6.45, 7) is 5.37. The van der Waals surface area contributed by atoms with Gasteiger partial charge in [-0.1, -0.05) is 0 Å². The van der Waals surface area contributed by atoms with Crippen molar-refractivity contribution in [3.8, 4) is 5.75 Å². The first-order chi connectivity index (χ1) is 13.3. The van der Waals surface area contributed by atoms with E-state index in [0.29, 0.717) is 17.7 Å². The summed E-state index contributed by atoms with van der Waals surface area (Å²) in [6, 6.07) is 7.87. The van der Waals surface area contributed by atoms with Gasteiger partial charge in [-0.3, -0.25) is 4.98 Å². The summed E-state index contributed by atoms with van der Waals surface area (Å²) in [4.78, 5) is 16.4. The van der Waals surface area contributed by atoms with Gasteiger partial charge in [0, 0.05) is 23.2 Å². The van der Waals surface area contributed by atoms with Crippen molar-refractivity contribution in [1.29, 1.82) is 0 Å². The second-order valence-corrected chi connectivity index (χ2v) is 8.07. The molecule has 28 heavy (non-hydrogen) atoms. The van der Waals surface area contributed by atoms with Gasteiger partial charge in [0.05, 0.1) is 11.8 Å². The van der Waals surface area contributed by atoms with Crippen LogP contribution in [-0.4, -0.2) is 29.8 Å². The second kappa shape index (κ2) is 8.59. The fourth-order valence-corrected chi connectivity index (χ4v) is 3.17. The van der Waals surface area contributed by atoms with Crippen LogP contribution in [0.4, 0.5) is 9.18 Å². The summed E-state index contributed by atoms with van der Waals surface area (Å²) < 4.78 is 24.0. The third-order valence-electron chi connectivity index (χ3n) is 4.50. The van der Waals surface area contributed by atoms with Crippen LogP contribution in [0.3, 0.4) is 0 Å². The predicted octanol–water partition coefficient (Wildman–Crippen LogP) is 4.87. The standard InChI is InChI=1S/C22H27FN2O3/c1-22(2,3)28-21(26)24-13-15(12-23)14-27-18-8-9-20-17(11-18)10-16-6-4-5-7-19(16)25-20/h8-12H,4-7,13-14H2,1-3H3,(H,24,26)/b15-12+. The molecule has 1 N–H and O–H groups in total. The van der Waals surface area contributed by atoms with Gasteiger partial charge in [0.25, 0.3) is 0 Å². The van der Waals surface area contributed by atoms with Gasteiger partial charge < -0.3 is 14.8 Å². The van der Waals surface area contributed by atoms with E-state index in [-0.39, 0.29) is 13.2 Å². The van der Waals surface area contributed by atoms with Gasteiger partial charge in [0.2, 0.25) is 0 Å². The maximum atomic E-state index is 13.1. The number of ether oxygens (including phenoxy) is 2. The van der Waals surface area contributed by atoms with E-state index in [1.807, 2.05) is 18.2 Å². The van der Waals surface area contributed by atoms with Crippen LogP contribution in [0.2, 0.25) is 0 Å². The van der Waals surface area contributed by atoms with E-state index in [2.05, 4.69) is 11.4 Å². The summed E-state index contributed by atoms with van der Waals surface area (Å²) in [5.41, 5.74) is 3.17. The molecule has 0 aliphatic heterocycles. The van der Waals surface area contributed by atoms with Crippen LogP contribution in [0.25, 0.3) is 10.9 Å². The number of hydrogen-bond donors (Lipinski definition) is 1. The van der Waals surface area contributed by atoms with Crippen LogP contribution in [-0.2, 0) is 17.6 Å². The van der Waals surface area contributed by atoms with Crippen molar-refractivity contribution in [3.05, 3.63) is 47.4 Å². The van der Waals surface area contributed by atoms with Crippen molar-refractivity contribution in [1.82, 2.24) is 10.3 Å². The highest BCUT2D eigenvalue weighted by Crippen LogP contribution is 2.26. The normalized spacial score (nSPS) is 14.5. The molecular weight excluding hydrogens is 359 g/mol. The smallest absolute Gasteiger partial charge is 0.407 e. The van der Waals surface area contributed by atoms with Crippen LogP contribution in [0.5, 0.6) is 5.75 Å². The number of fused-ring (bicyclic) bond motifs is 2. The van der Waals surface area contributed by atoms with E-state index in [9.17, 15) is 9.18 Å². The predicted molar refractivity (Wildman–Crippen MR) is 107 cm³/mol. The number of alkyl carbamates (subject to hydrolysis) is 1. The highest BCUT2D eigenvalue weighted by Gasteiger charge is 2.16. The minimum atomic E-state index is -0.599. The Bertz CT molecular complexity index is 887. The van der Waals surface area contributed by atoms with Crippen molar-refractivity contribution in [3.63, 3.8) is 0 Å². The lowest BCUT2D eigenvalue weighted by Crippen LogP contribution is -2.34. The largest absolute Gasteiger partial charge is 0.489 e. The molecule has 2 aromatic rings. The number of benzene rings is 1. The Morgan fingerprint density at radius 2 is 2.04 bits per heavy atom. The molecule has 150 valence electrons. The first kappa shape index (κ1) is 20.1. The fourth-order valence-electron chi connectivity index (χ4n) is 3.17. The first-order valence-electron chi connectivity index (χ1n) is 9.64. The average molecular weight is 386 g/mol. The summed E-state index contributed by atoms with van der Waals surface area (Å²) in [6.07, 6.45) is 4.37. The third kappa shape index (κ3) is 5.44. The lowest BCUT2D eigenvalue weighted by Gasteiger charge is -2.20. The molecule has 1 aliphatic carbocycles. The second-order valence-electron chi connectivity index (χ2n) is 8.07. The van der Waals surface area contributed by atoms with E-state index in [4.69, 9.17) is 14.5 Å². The molecule has 0 bridgehead atoms. The summed E-state index contributed by atoms with van der Waals surface area (Å²) in [5.74, 6) is 0.640. The zero-order valence-corrected chi connectivity index (χ0v) is 16.7. The average Bonchev–Trinajstić information content (AvgIpc) is 2.65. The first-order valence-corrected chi connectivity index (χ1v) is 9.64. The molecule has 5 nitrogen and oxygen atoms in total. The molecule has 1 aromatic heterocycles. The Kier molecular flexibility index (Phi) is 6.17. The number of hydrogen-bond acceptors (Lipinski definition) is 4. The SMILES string of the molecule is CC(C)(C)OC(=O)NC/C(=C\F)COc1ccc2nc3c(cc2c1)CCCC3. The lowest BCUT2D eigenvalue weighted by molar-refractivity contribution is 0.0531. The maximum Gasteiger partial charge on any atom is 0.407 e. The molecule has 0 saturated carbocycles. The monoisotopic (exact) mass is 386 g/mol. The van der Waals surface area contributed by atoms with Gasteiger partial charge >= 0.3 is 6.09 Å². The van der Waals surface area contributed by atoms with Gasteiger partial charge in [-0.05, 0) is 76.3 Å². The van der Waals surface area contributed by atoms with Gasteiger partial charge in [-0.2, -0.15) is 0 Å². The van der Waals surface area contributed by atoms with E-state index < -0.39 is 11.7 Å². The van der Waals surface area contributed by atoms with Crippen molar-refractivity contribution in [2.45, 2.75) is 52.1 Å². The molecule has 0 radical (unpaired) electrons. The molecule has 0 saturated heterocycles. The number of aromatic nitrogens is 1. The molecular formula is C22H27FN2O3. The number of rotatable bonds is 5. The number of amides is 1. The van der Waals surface area contributed by atoms with Crippen LogP contribution in [0.15, 0.2) is 36.2 Å². The van der Waals surface area contributed by atoms with Gasteiger partial charge in [-0.15, -0.1) is 0 Å². The van der Waals surface area contributed by atoms with Crippen molar-refractivity contribution >= 4 is 17.0 Å². The van der Waals surface area contributed by atoms with E-state index >= 15 is 0 Å². The van der Waals surface area contributed by atoms with Gasteiger partial charge in [0.1, 0.15) is 18.0 Å². The zero-order chi connectivity index (χ0) is 20.1. The summed E-state index contributed by atoms with van der Waals surface area (Å²) in [5, 5.41) is 3.55. The minimum absolute atomic E-state index is 0.0219. The van der Waals surface area contributed by atoms with E-state index in [1.54, 1.807) is 20.8 Å². The quantitative estimate of drug-likeness (QED) is 0.796. The number of nitrogens with one attached hydrogen (secondary N) is 1. The van der Waals surface area contributed by atoms with Crippen molar-refractivity contribution in [2.24, 2.45) is 0 Å². The molecule has 0 spiro atoms. The minimum Gasteiger partial charge on any atom is -0.489 e. The molecule has 1 aliphatic rings. The Balaban J connectivity index is 1.59. The Morgan fingerprint density at radius 1 is 1.25 bits per heavy atom. The molecule has 0 unspecified atom stereocenters. The lowest BCUT2D eigenvalue weighted by atomic mass is 9.95. The third-order valence-corrected chi connectivity index (χ3v) is 4.50. The number of carbonyl (C=O) groups excluding carboxylic acids is 1. The molecule has 1 amide bonds. The Labute approximate surface area is 164 Å². The molecule has 1 aromatic carbocycles. The van der Waals surface area contributed by atoms with Crippen LogP contribution >= 0.6 is 0 Å². The molecule has 3 rings (SSSR count). The van der Waals surface area contributed by atoms with E-state index in [1.165, 1.54) is 24.1 Å². The Hall–Kier alpha value is -2.63. The number of halogens is 1. The zero-order valence-electron chi connectivity index (χ0n) is 16.7. The number of pyridine rings is 1. The molecule has 6 heteroatoms. The van der Waals surface area contributed by atoms with Crippen molar-refractivity contribution in [2.75, 3.05) is 13.2 Å². The van der Waals surface area contributed by atoms with Gasteiger partial charge in [0.15, 0.2) is 0 Å². The van der Waals surface area contributed by atoms with Gasteiger partial charge in [-0.25, -0.2) is 9.18 Å². The summed E-state index contributed by atoms with van der Waals surface area (Å²) in [7, 11) is 0. The topological polar surface area (TPSA) is 60.5 Å². The molecule has 0 fully saturated rings. The highest BCUT2D eigenvalue weighted by atomic mass is 19.1. The van der Waals surface area contributed by atoms with Crippen LogP contribution < -0.4 is 10.1 Å².